The molecule has 0 saturated heterocycles. The summed E-state index contributed by atoms with van der Waals surface area (Å²) in [5.41, 5.74) is 2.09. The van der Waals surface area contributed by atoms with Gasteiger partial charge in [-0.25, -0.2) is 19.2 Å². The Morgan fingerprint density at radius 3 is 2.67 bits per heavy atom. The Bertz CT molecular complexity index is 968. The molecule has 8 heteroatoms. The highest BCUT2D eigenvalue weighted by Crippen LogP contribution is 2.26. The summed E-state index contributed by atoms with van der Waals surface area (Å²) in [6.45, 7) is 7.55. The lowest BCUT2D eigenvalue weighted by Crippen LogP contribution is -2.18. The second-order valence-electron chi connectivity index (χ2n) is 6.75. The van der Waals surface area contributed by atoms with Gasteiger partial charge in [0.1, 0.15) is 5.82 Å². The molecule has 2 heterocycles. The number of hydrogen-bond acceptors (Lipinski definition) is 5. The van der Waals surface area contributed by atoms with Crippen LogP contribution in [-0.2, 0) is 4.74 Å². The van der Waals surface area contributed by atoms with E-state index in [1.54, 1.807) is 42.8 Å². The van der Waals surface area contributed by atoms with Crippen LogP contribution in [0.4, 0.5) is 20.6 Å². The van der Waals surface area contributed by atoms with Crippen LogP contribution in [0.5, 0.6) is 0 Å². The van der Waals surface area contributed by atoms with Crippen molar-refractivity contribution in [2.24, 2.45) is 0 Å². The van der Waals surface area contributed by atoms with Crippen LogP contribution >= 0.6 is 0 Å². The number of halogens is 1. The van der Waals surface area contributed by atoms with Gasteiger partial charge in [-0.2, -0.15) is 0 Å². The number of anilines is 2. The average Bonchev–Trinajstić information content (AvgIpc) is 2.98. The summed E-state index contributed by atoms with van der Waals surface area (Å²) in [6.07, 6.45) is 4.00. The molecule has 1 amide bonds. The van der Waals surface area contributed by atoms with Crippen LogP contribution in [0.2, 0.25) is 0 Å². The standard InChI is InChI=1S/C19H22FN5O2/c1-11(2)22-13-5-6-16(20)15(7-13)17-10-25-9-14(8-21-18(25)24-17)23-19(26)27-12(3)4/h5-12,22H,1-4H3,(H,23,26). The Labute approximate surface area is 156 Å². The van der Waals surface area contributed by atoms with Gasteiger partial charge in [0.25, 0.3) is 0 Å². The molecular weight excluding hydrogens is 349 g/mol. The molecule has 2 aromatic heterocycles. The van der Waals surface area contributed by atoms with Gasteiger partial charge in [0.15, 0.2) is 0 Å². The lowest BCUT2D eigenvalue weighted by Gasteiger charge is -2.11. The van der Waals surface area contributed by atoms with Gasteiger partial charge in [-0.15, -0.1) is 0 Å². The third kappa shape index (κ3) is 4.52. The fraction of sp³-hybridized carbons (Fsp3) is 0.316. The zero-order valence-corrected chi connectivity index (χ0v) is 15.7. The smallest absolute Gasteiger partial charge is 0.411 e. The molecule has 0 radical (unpaired) electrons. The minimum Gasteiger partial charge on any atom is -0.447 e. The number of hydrogen-bond donors (Lipinski definition) is 2. The fourth-order valence-electron chi connectivity index (χ4n) is 2.59. The number of carbonyl (C=O) groups excluding carboxylic acids is 1. The Kier molecular flexibility index (Phi) is 5.25. The van der Waals surface area contributed by atoms with Crippen molar-refractivity contribution in [3.8, 4) is 11.3 Å². The maximum Gasteiger partial charge on any atom is 0.411 e. The van der Waals surface area contributed by atoms with Crippen molar-refractivity contribution < 1.29 is 13.9 Å². The van der Waals surface area contributed by atoms with Crippen LogP contribution in [0.25, 0.3) is 17.0 Å². The molecule has 3 aromatic rings. The van der Waals surface area contributed by atoms with E-state index in [-0.39, 0.29) is 18.0 Å². The SMILES string of the molecule is CC(C)Nc1ccc(F)c(-c2cn3cc(NC(=O)OC(C)C)cnc3n2)c1. The predicted octanol–water partition coefficient (Wildman–Crippen LogP) is 4.31. The van der Waals surface area contributed by atoms with Crippen LogP contribution < -0.4 is 10.6 Å². The van der Waals surface area contributed by atoms with Crippen LogP contribution in [0.1, 0.15) is 27.7 Å². The number of benzene rings is 1. The molecular formula is C19H22FN5O2. The molecule has 0 spiro atoms. The predicted molar refractivity (Wildman–Crippen MR) is 102 cm³/mol. The monoisotopic (exact) mass is 371 g/mol. The number of nitrogens with one attached hydrogen (secondary N) is 2. The van der Waals surface area contributed by atoms with E-state index in [0.717, 1.165) is 5.69 Å². The third-order valence-electron chi connectivity index (χ3n) is 3.60. The van der Waals surface area contributed by atoms with Crippen molar-refractivity contribution in [3.63, 3.8) is 0 Å². The molecule has 0 bridgehead atoms. The molecule has 142 valence electrons. The molecule has 0 atom stereocenters. The zero-order valence-electron chi connectivity index (χ0n) is 15.7. The lowest BCUT2D eigenvalue weighted by atomic mass is 10.1. The molecule has 3 rings (SSSR count). The van der Waals surface area contributed by atoms with Gasteiger partial charge in [-0.3, -0.25) is 9.72 Å². The zero-order chi connectivity index (χ0) is 19.6. The molecule has 1 aromatic carbocycles. The van der Waals surface area contributed by atoms with Crippen LogP contribution in [-0.4, -0.2) is 32.6 Å². The number of fused-ring (bicyclic) bond motifs is 1. The molecule has 0 saturated carbocycles. The Morgan fingerprint density at radius 1 is 1.19 bits per heavy atom. The normalized spacial score (nSPS) is 11.2. The third-order valence-corrected chi connectivity index (χ3v) is 3.60. The van der Waals surface area contributed by atoms with Crippen molar-refractivity contribution in [3.05, 3.63) is 42.6 Å². The minimum atomic E-state index is -0.565. The van der Waals surface area contributed by atoms with Crippen molar-refractivity contribution in [2.75, 3.05) is 10.6 Å². The molecule has 2 N–H and O–H groups in total. The van der Waals surface area contributed by atoms with Crippen LogP contribution in [0.3, 0.4) is 0 Å². The number of nitrogens with zero attached hydrogens (tertiary/aromatic N) is 3. The van der Waals surface area contributed by atoms with Crippen LogP contribution in [0.15, 0.2) is 36.8 Å². The van der Waals surface area contributed by atoms with Gasteiger partial charge in [-0.1, -0.05) is 0 Å². The van der Waals surface area contributed by atoms with E-state index in [0.29, 0.717) is 22.7 Å². The van der Waals surface area contributed by atoms with Gasteiger partial charge >= 0.3 is 6.09 Å². The van der Waals surface area contributed by atoms with Gasteiger partial charge < -0.3 is 10.1 Å². The molecule has 0 fully saturated rings. The van der Waals surface area contributed by atoms with E-state index in [1.807, 2.05) is 13.8 Å². The molecule has 27 heavy (non-hydrogen) atoms. The maximum absolute atomic E-state index is 14.3. The highest BCUT2D eigenvalue weighted by molar-refractivity contribution is 5.84. The summed E-state index contributed by atoms with van der Waals surface area (Å²) < 4.78 is 21.0. The van der Waals surface area contributed by atoms with Crippen molar-refractivity contribution >= 4 is 23.2 Å². The number of rotatable bonds is 5. The van der Waals surface area contributed by atoms with E-state index < -0.39 is 6.09 Å². The first kappa shape index (κ1) is 18.6. The highest BCUT2D eigenvalue weighted by Gasteiger charge is 2.13. The second-order valence-corrected chi connectivity index (χ2v) is 6.75. The first-order valence-corrected chi connectivity index (χ1v) is 8.70. The molecule has 0 aliphatic carbocycles. The first-order valence-electron chi connectivity index (χ1n) is 8.70. The Morgan fingerprint density at radius 2 is 1.96 bits per heavy atom. The second kappa shape index (κ2) is 7.61. The van der Waals surface area contributed by atoms with Gasteiger partial charge in [0, 0.05) is 29.7 Å². The van der Waals surface area contributed by atoms with E-state index in [1.165, 1.54) is 12.3 Å². The molecule has 0 unspecified atom stereocenters. The van der Waals surface area contributed by atoms with Crippen molar-refractivity contribution in [2.45, 2.75) is 39.8 Å². The van der Waals surface area contributed by atoms with E-state index in [2.05, 4.69) is 20.6 Å². The quantitative estimate of drug-likeness (QED) is 0.698. The van der Waals surface area contributed by atoms with Crippen molar-refractivity contribution in [1.29, 1.82) is 0 Å². The van der Waals surface area contributed by atoms with Gasteiger partial charge in [0.2, 0.25) is 5.78 Å². The summed E-state index contributed by atoms with van der Waals surface area (Å²) in [5.74, 6) is 0.0287. The largest absolute Gasteiger partial charge is 0.447 e. The van der Waals surface area contributed by atoms with Crippen LogP contribution in [0, 0.1) is 5.82 Å². The summed E-state index contributed by atoms with van der Waals surface area (Å²) in [7, 11) is 0. The fourth-order valence-corrected chi connectivity index (χ4v) is 2.59. The van der Waals surface area contributed by atoms with Gasteiger partial charge in [0.05, 0.1) is 23.7 Å². The van der Waals surface area contributed by atoms with Gasteiger partial charge in [-0.05, 0) is 45.9 Å². The highest BCUT2D eigenvalue weighted by atomic mass is 19.1. The summed E-state index contributed by atoms with van der Waals surface area (Å²) in [6, 6.07) is 5.04. The van der Waals surface area contributed by atoms with Crippen molar-refractivity contribution in [1.82, 2.24) is 14.4 Å². The lowest BCUT2D eigenvalue weighted by molar-refractivity contribution is 0.130. The summed E-state index contributed by atoms with van der Waals surface area (Å²) in [5, 5.41) is 5.84. The maximum atomic E-state index is 14.3. The number of aromatic nitrogens is 3. The summed E-state index contributed by atoms with van der Waals surface area (Å²) in [4.78, 5) is 20.3. The number of carbonyl (C=O) groups is 1. The minimum absolute atomic E-state index is 0.226. The Hall–Kier alpha value is -3.16. The first-order chi connectivity index (χ1) is 12.8. The van der Waals surface area contributed by atoms with E-state index in [9.17, 15) is 9.18 Å². The molecule has 0 aliphatic heterocycles. The summed E-state index contributed by atoms with van der Waals surface area (Å²) >= 11 is 0. The van der Waals surface area contributed by atoms with E-state index in [4.69, 9.17) is 4.74 Å². The average molecular weight is 371 g/mol. The Balaban J connectivity index is 1.90. The number of imidazole rings is 1. The number of ether oxygens (including phenoxy) is 1. The molecule has 0 aliphatic rings. The topological polar surface area (TPSA) is 80.5 Å². The van der Waals surface area contributed by atoms with E-state index >= 15 is 0 Å². The number of amides is 1. The molecule has 7 nitrogen and oxygen atoms in total.